The third-order valence-corrected chi connectivity index (χ3v) is 2.04. The lowest BCUT2D eigenvalue weighted by Crippen LogP contribution is -2.34. The van der Waals surface area contributed by atoms with Crippen LogP contribution in [0, 0.1) is 31.6 Å². The summed E-state index contributed by atoms with van der Waals surface area (Å²) in [4.78, 5) is 0. The molecule has 12 heavy (non-hydrogen) atoms. The van der Waals surface area contributed by atoms with E-state index < -0.39 is 0 Å². The highest BCUT2D eigenvalue weighted by molar-refractivity contribution is 5.36. The zero-order chi connectivity index (χ0) is 8.81. The molecule has 0 amide bonds. The molecule has 0 aromatic rings. The first-order valence-corrected chi connectivity index (χ1v) is 4.41. The van der Waals surface area contributed by atoms with E-state index in [0.29, 0.717) is 0 Å². The molecule has 67 valence electrons. The van der Waals surface area contributed by atoms with Crippen LogP contribution in [0.3, 0.4) is 0 Å². The summed E-state index contributed by atoms with van der Waals surface area (Å²) in [5.74, 6) is 1.28. The number of hydrogen-bond acceptors (Lipinski definition) is 2. The number of rotatable bonds is 5. The number of aliphatic hydroxyl groups excluding tert-OH is 1. The summed E-state index contributed by atoms with van der Waals surface area (Å²) >= 11 is 0. The van der Waals surface area contributed by atoms with E-state index in [1.54, 1.807) is 0 Å². The van der Waals surface area contributed by atoms with Gasteiger partial charge in [0, 0.05) is 12.6 Å². The van der Waals surface area contributed by atoms with Gasteiger partial charge in [-0.1, -0.05) is 6.92 Å². The zero-order valence-electron chi connectivity index (χ0n) is 7.46. The van der Waals surface area contributed by atoms with Crippen molar-refractivity contribution in [1.29, 1.82) is 0 Å². The molecular weight excluding hydrogens is 150 g/mol. The highest BCUT2D eigenvalue weighted by Gasteiger charge is 2.17. The number of aliphatic hydroxyl groups is 1. The van der Waals surface area contributed by atoms with E-state index in [0.717, 1.165) is 13.0 Å². The molecule has 0 bridgehead atoms. The van der Waals surface area contributed by atoms with E-state index in [-0.39, 0.29) is 12.6 Å². The van der Waals surface area contributed by atoms with E-state index in [9.17, 15) is 0 Å². The Morgan fingerprint density at radius 3 is 2.58 bits per heavy atom. The van der Waals surface area contributed by atoms with Crippen molar-refractivity contribution in [2.75, 3.05) is 13.2 Å². The molecule has 2 nitrogen and oxygen atoms in total. The normalized spacial score (nSPS) is 21.5. The summed E-state index contributed by atoms with van der Waals surface area (Å²) in [5.41, 5.74) is 0. The molecule has 0 spiro atoms. The third kappa shape index (κ3) is 3.11. The van der Waals surface area contributed by atoms with E-state index >= 15 is 0 Å². The Morgan fingerprint density at radius 2 is 2.08 bits per heavy atom. The van der Waals surface area contributed by atoms with Crippen LogP contribution in [-0.2, 0) is 0 Å². The maximum atomic E-state index is 8.89. The quantitative estimate of drug-likeness (QED) is 0.631. The molecule has 0 unspecified atom stereocenters. The first-order chi connectivity index (χ1) is 5.86. The van der Waals surface area contributed by atoms with Gasteiger partial charge in [0.2, 0.25) is 0 Å². The van der Waals surface area contributed by atoms with Gasteiger partial charge >= 0.3 is 0 Å². The van der Waals surface area contributed by atoms with Crippen molar-refractivity contribution in [2.24, 2.45) is 0 Å². The Hall–Kier alpha value is -0.0800. The molecule has 0 aliphatic heterocycles. The Labute approximate surface area is 75.4 Å². The number of hydrogen-bond donors (Lipinski definition) is 2. The minimum atomic E-state index is 0.219. The predicted octanol–water partition coefficient (Wildman–Crippen LogP) is 0.752. The molecule has 0 saturated heterocycles. The van der Waals surface area contributed by atoms with Crippen molar-refractivity contribution in [2.45, 2.75) is 19.4 Å². The summed E-state index contributed by atoms with van der Waals surface area (Å²) in [6.07, 6.45) is 9.18. The molecule has 0 aromatic carbocycles. The van der Waals surface area contributed by atoms with Gasteiger partial charge in [-0.05, 0) is 38.0 Å². The Bertz CT molecular complexity index is 104. The van der Waals surface area contributed by atoms with Gasteiger partial charge in [-0.25, -0.2) is 0 Å². The van der Waals surface area contributed by atoms with Crippen LogP contribution in [0.25, 0.3) is 0 Å². The van der Waals surface area contributed by atoms with Crippen molar-refractivity contribution in [1.82, 2.24) is 5.32 Å². The maximum absolute atomic E-state index is 8.89. The molecule has 1 aliphatic carbocycles. The lowest BCUT2D eigenvalue weighted by Gasteiger charge is -2.16. The topological polar surface area (TPSA) is 32.3 Å². The first kappa shape index (κ1) is 10.0. The summed E-state index contributed by atoms with van der Waals surface area (Å²) < 4.78 is 0. The standard InChI is InChI=1S/C10H16NO/c1-2-10(8-12)11-7-9-5-3-4-6-9/h3-6,10-12H,2,7-8H2,1H3/t10-/m1/s1. The second-order valence-electron chi connectivity index (χ2n) is 2.96. The van der Waals surface area contributed by atoms with Crippen molar-refractivity contribution < 1.29 is 5.11 Å². The van der Waals surface area contributed by atoms with Gasteiger partial charge in [-0.15, -0.1) is 0 Å². The van der Waals surface area contributed by atoms with Gasteiger partial charge in [0.15, 0.2) is 0 Å². The summed E-state index contributed by atoms with van der Waals surface area (Å²) in [7, 11) is 0. The second kappa shape index (κ2) is 5.55. The van der Waals surface area contributed by atoms with Crippen LogP contribution in [-0.4, -0.2) is 24.3 Å². The van der Waals surface area contributed by atoms with Crippen molar-refractivity contribution >= 4 is 0 Å². The van der Waals surface area contributed by atoms with Crippen molar-refractivity contribution in [3.05, 3.63) is 31.6 Å². The molecule has 0 aromatic heterocycles. The van der Waals surface area contributed by atoms with E-state index in [1.165, 1.54) is 5.92 Å². The van der Waals surface area contributed by atoms with Crippen molar-refractivity contribution in [3.8, 4) is 0 Å². The van der Waals surface area contributed by atoms with Gasteiger partial charge in [0.05, 0.1) is 6.61 Å². The van der Waals surface area contributed by atoms with E-state index in [1.807, 2.05) is 12.8 Å². The number of nitrogens with one attached hydrogen (secondary N) is 1. The molecule has 5 radical (unpaired) electrons. The highest BCUT2D eigenvalue weighted by Crippen LogP contribution is 2.21. The molecule has 1 saturated carbocycles. The molecule has 2 heteroatoms. The largest absolute Gasteiger partial charge is 0.395 e. The van der Waals surface area contributed by atoms with Crippen LogP contribution >= 0.6 is 0 Å². The Balaban J connectivity index is 2.06. The maximum Gasteiger partial charge on any atom is 0.0584 e. The predicted molar refractivity (Wildman–Crippen MR) is 49.6 cm³/mol. The minimum Gasteiger partial charge on any atom is -0.395 e. The van der Waals surface area contributed by atoms with Crippen molar-refractivity contribution in [3.63, 3.8) is 0 Å². The van der Waals surface area contributed by atoms with Crippen LogP contribution < -0.4 is 5.32 Å². The molecule has 2 N–H and O–H groups in total. The van der Waals surface area contributed by atoms with Gasteiger partial charge in [0.1, 0.15) is 0 Å². The molecule has 1 aliphatic rings. The molecule has 0 heterocycles. The summed E-state index contributed by atoms with van der Waals surface area (Å²) in [6.45, 7) is 3.14. The van der Waals surface area contributed by atoms with Gasteiger partial charge < -0.3 is 10.4 Å². The van der Waals surface area contributed by atoms with E-state index in [2.05, 4.69) is 25.1 Å². The fourth-order valence-electron chi connectivity index (χ4n) is 1.13. The van der Waals surface area contributed by atoms with Gasteiger partial charge in [0.25, 0.3) is 0 Å². The third-order valence-electron chi connectivity index (χ3n) is 2.04. The smallest absolute Gasteiger partial charge is 0.0584 e. The molecule has 1 atom stereocenters. The van der Waals surface area contributed by atoms with E-state index in [4.69, 9.17) is 5.11 Å². The monoisotopic (exact) mass is 166 g/mol. The Kier molecular flexibility index (Phi) is 4.62. The fraction of sp³-hybridized carbons (Fsp3) is 0.500. The highest BCUT2D eigenvalue weighted by atomic mass is 16.3. The zero-order valence-corrected chi connectivity index (χ0v) is 7.46. The molecular formula is C10H16NO. The summed E-state index contributed by atoms with van der Waals surface area (Å²) in [6, 6.07) is 0.236. The van der Waals surface area contributed by atoms with Crippen LogP contribution in [0.4, 0.5) is 0 Å². The molecule has 1 rings (SSSR count). The fourth-order valence-corrected chi connectivity index (χ4v) is 1.13. The first-order valence-electron chi connectivity index (χ1n) is 4.41. The average Bonchev–Trinajstić information content (AvgIpc) is 2.59. The van der Waals surface area contributed by atoms with Gasteiger partial charge in [-0.2, -0.15) is 0 Å². The minimum absolute atomic E-state index is 0.219. The second-order valence-corrected chi connectivity index (χ2v) is 2.96. The van der Waals surface area contributed by atoms with Crippen LogP contribution in [0.1, 0.15) is 13.3 Å². The lowest BCUT2D eigenvalue weighted by atomic mass is 10.1. The molecule has 1 fully saturated rings. The van der Waals surface area contributed by atoms with Crippen LogP contribution in [0.2, 0.25) is 0 Å². The summed E-state index contributed by atoms with van der Waals surface area (Å²) in [5, 5.41) is 12.2. The SMILES string of the molecule is CC[C@H](CO)NC[C]1[CH][CH][CH][CH]1. The Morgan fingerprint density at radius 1 is 1.42 bits per heavy atom. The van der Waals surface area contributed by atoms with Gasteiger partial charge in [-0.3, -0.25) is 0 Å². The van der Waals surface area contributed by atoms with Crippen LogP contribution in [0.5, 0.6) is 0 Å². The average molecular weight is 166 g/mol. The van der Waals surface area contributed by atoms with Crippen LogP contribution in [0.15, 0.2) is 0 Å². The lowest BCUT2D eigenvalue weighted by molar-refractivity contribution is 0.241.